The van der Waals surface area contributed by atoms with Gasteiger partial charge < -0.3 is 20.4 Å². The highest BCUT2D eigenvalue weighted by Crippen LogP contribution is 2.45. The molecule has 0 aliphatic carbocycles. The van der Waals surface area contributed by atoms with Crippen LogP contribution in [0.3, 0.4) is 0 Å². The van der Waals surface area contributed by atoms with Crippen molar-refractivity contribution in [1.82, 2.24) is 5.32 Å². The maximum absolute atomic E-state index is 12.7. The third-order valence-corrected chi connectivity index (χ3v) is 6.65. The van der Waals surface area contributed by atoms with Crippen LogP contribution in [-0.4, -0.2) is 38.1 Å². The van der Waals surface area contributed by atoms with Crippen molar-refractivity contribution in [2.75, 3.05) is 41.3 Å². The van der Waals surface area contributed by atoms with Gasteiger partial charge in [-0.2, -0.15) is 5.26 Å². The summed E-state index contributed by atoms with van der Waals surface area (Å²) in [5, 5.41) is 16.2. The number of amides is 1. The average molecular weight is 418 g/mol. The Hall–Kier alpha value is -3.04. The second-order valence-corrected chi connectivity index (χ2v) is 8.52. The van der Waals surface area contributed by atoms with Crippen LogP contribution < -0.4 is 20.4 Å². The number of nitrogens with one attached hydrogen (secondary N) is 2. The highest BCUT2D eigenvalue weighted by molar-refractivity contribution is 5.94. The molecule has 2 aromatic carbocycles. The molecule has 2 aliphatic rings. The Morgan fingerprint density at radius 2 is 1.90 bits per heavy atom. The fourth-order valence-electron chi connectivity index (χ4n) is 5.04. The second kappa shape index (κ2) is 8.99. The van der Waals surface area contributed by atoms with Crippen molar-refractivity contribution in [1.29, 1.82) is 5.26 Å². The molecule has 2 unspecified atom stereocenters. The molecule has 3 atom stereocenters. The number of hydrogen-bond donors (Lipinski definition) is 2. The van der Waals surface area contributed by atoms with E-state index >= 15 is 0 Å². The zero-order chi connectivity index (χ0) is 22.0. The smallest absolute Gasteiger partial charge is 0.224 e. The highest BCUT2D eigenvalue weighted by atomic mass is 16.2. The van der Waals surface area contributed by atoms with Crippen molar-refractivity contribution < 1.29 is 4.79 Å². The molecule has 2 aromatic rings. The van der Waals surface area contributed by atoms with Gasteiger partial charge in [-0.3, -0.25) is 4.79 Å². The standard InChI is InChI=1S/C25H31N5O/c1-4-23-17(2)25(28-20-7-5-19(16-26)6-8-20)22-15-21(29-13-11-27-12-14-29)9-10-24(22)30(23)18(3)31/h5-10,15,17,23,25,27-28H,4,11-14H2,1-3H3/t17-,23?,25?/m0/s1. The van der Waals surface area contributed by atoms with Crippen molar-refractivity contribution in [2.45, 2.75) is 39.3 Å². The van der Waals surface area contributed by atoms with Gasteiger partial charge >= 0.3 is 0 Å². The van der Waals surface area contributed by atoms with Crippen LogP contribution in [-0.2, 0) is 4.79 Å². The minimum atomic E-state index is 0.0753. The monoisotopic (exact) mass is 417 g/mol. The maximum atomic E-state index is 12.7. The van der Waals surface area contributed by atoms with Gasteiger partial charge in [-0.25, -0.2) is 0 Å². The number of piperazine rings is 1. The first kappa shape index (κ1) is 21.2. The van der Waals surface area contributed by atoms with E-state index in [-0.39, 0.29) is 23.9 Å². The molecule has 1 saturated heterocycles. The van der Waals surface area contributed by atoms with Gasteiger partial charge in [0.25, 0.3) is 0 Å². The van der Waals surface area contributed by atoms with Gasteiger partial charge in [0.2, 0.25) is 5.91 Å². The molecule has 2 aliphatic heterocycles. The number of nitrogens with zero attached hydrogens (tertiary/aromatic N) is 3. The van der Waals surface area contributed by atoms with E-state index in [2.05, 4.69) is 53.6 Å². The fourth-order valence-corrected chi connectivity index (χ4v) is 5.04. The topological polar surface area (TPSA) is 71.4 Å². The molecular weight excluding hydrogens is 386 g/mol. The van der Waals surface area contributed by atoms with Crippen LogP contribution in [0.4, 0.5) is 17.1 Å². The summed E-state index contributed by atoms with van der Waals surface area (Å²) in [5.74, 6) is 0.321. The molecule has 0 aromatic heterocycles. The van der Waals surface area contributed by atoms with Crippen LogP contribution >= 0.6 is 0 Å². The molecule has 0 radical (unpaired) electrons. The lowest BCUT2D eigenvalue weighted by molar-refractivity contribution is -0.117. The van der Waals surface area contributed by atoms with Crippen molar-refractivity contribution in [2.24, 2.45) is 5.92 Å². The number of anilines is 3. The van der Waals surface area contributed by atoms with Crippen LogP contribution in [0.25, 0.3) is 0 Å². The molecule has 0 bridgehead atoms. The zero-order valence-electron chi connectivity index (χ0n) is 18.6. The van der Waals surface area contributed by atoms with Crippen molar-refractivity contribution in [3.63, 3.8) is 0 Å². The third kappa shape index (κ3) is 4.11. The summed E-state index contributed by atoms with van der Waals surface area (Å²) in [6, 6.07) is 16.5. The zero-order valence-corrected chi connectivity index (χ0v) is 18.6. The molecule has 1 fully saturated rings. The van der Waals surface area contributed by atoms with Gasteiger partial charge in [0.05, 0.1) is 17.7 Å². The first-order valence-electron chi connectivity index (χ1n) is 11.2. The minimum absolute atomic E-state index is 0.0753. The summed E-state index contributed by atoms with van der Waals surface area (Å²) in [5.41, 5.74) is 5.01. The maximum Gasteiger partial charge on any atom is 0.224 e. The molecule has 2 N–H and O–H groups in total. The largest absolute Gasteiger partial charge is 0.378 e. The first-order chi connectivity index (χ1) is 15.0. The average Bonchev–Trinajstić information content (AvgIpc) is 2.81. The molecule has 6 heteroatoms. The molecule has 6 nitrogen and oxygen atoms in total. The lowest BCUT2D eigenvalue weighted by atomic mass is 9.80. The van der Waals surface area contributed by atoms with E-state index in [1.165, 1.54) is 5.69 Å². The normalized spacial score (nSPS) is 23.1. The summed E-state index contributed by atoms with van der Waals surface area (Å²) in [6.07, 6.45) is 0.894. The van der Waals surface area contributed by atoms with E-state index in [1.54, 1.807) is 6.92 Å². The van der Waals surface area contributed by atoms with Crippen LogP contribution in [0.2, 0.25) is 0 Å². The third-order valence-electron chi connectivity index (χ3n) is 6.65. The lowest BCUT2D eigenvalue weighted by Crippen LogP contribution is -2.50. The summed E-state index contributed by atoms with van der Waals surface area (Å²) in [4.78, 5) is 17.0. The van der Waals surface area contributed by atoms with Gasteiger partial charge in [-0.05, 0) is 48.9 Å². The predicted octanol–water partition coefficient (Wildman–Crippen LogP) is 3.90. The number of fused-ring (bicyclic) bond motifs is 1. The Kier molecular flexibility index (Phi) is 6.15. The quantitative estimate of drug-likeness (QED) is 0.789. The number of benzene rings is 2. The summed E-state index contributed by atoms with van der Waals surface area (Å²) in [6.45, 7) is 9.97. The van der Waals surface area contributed by atoms with E-state index in [0.29, 0.717) is 5.56 Å². The van der Waals surface area contributed by atoms with Gasteiger partial charge in [0, 0.05) is 67.7 Å². The number of carbonyl (C=O) groups is 1. The molecule has 2 heterocycles. The van der Waals surface area contributed by atoms with E-state index in [9.17, 15) is 4.79 Å². The number of hydrogen-bond acceptors (Lipinski definition) is 5. The lowest BCUT2D eigenvalue weighted by Gasteiger charge is -2.46. The Bertz CT molecular complexity index is 974. The van der Waals surface area contributed by atoms with E-state index < -0.39 is 0 Å². The Labute approximate surface area is 184 Å². The van der Waals surface area contributed by atoms with Gasteiger partial charge in [-0.1, -0.05) is 13.8 Å². The molecule has 0 saturated carbocycles. The van der Waals surface area contributed by atoms with Crippen LogP contribution in [0.15, 0.2) is 42.5 Å². The van der Waals surface area contributed by atoms with Gasteiger partial charge in [0.15, 0.2) is 0 Å². The Balaban J connectivity index is 1.76. The van der Waals surface area contributed by atoms with Crippen molar-refractivity contribution in [3.05, 3.63) is 53.6 Å². The SMILES string of the molecule is CCC1[C@H](C)C(Nc2ccc(C#N)cc2)c2cc(N3CCNCC3)ccc2N1C(C)=O. The minimum Gasteiger partial charge on any atom is -0.378 e. The summed E-state index contributed by atoms with van der Waals surface area (Å²) >= 11 is 0. The molecule has 31 heavy (non-hydrogen) atoms. The molecule has 1 amide bonds. The number of carbonyl (C=O) groups excluding carboxylic acids is 1. The van der Waals surface area contributed by atoms with Gasteiger partial charge in [0.1, 0.15) is 0 Å². The van der Waals surface area contributed by atoms with Crippen LogP contribution in [0.5, 0.6) is 0 Å². The Morgan fingerprint density at radius 1 is 1.19 bits per heavy atom. The van der Waals surface area contributed by atoms with Crippen LogP contribution in [0, 0.1) is 17.2 Å². The highest BCUT2D eigenvalue weighted by Gasteiger charge is 2.39. The predicted molar refractivity (Wildman–Crippen MR) is 125 cm³/mol. The first-order valence-corrected chi connectivity index (χ1v) is 11.2. The molecule has 4 rings (SSSR count). The van der Waals surface area contributed by atoms with Crippen molar-refractivity contribution >= 4 is 23.0 Å². The Morgan fingerprint density at radius 3 is 2.52 bits per heavy atom. The van der Waals surface area contributed by atoms with E-state index in [1.807, 2.05) is 29.2 Å². The molecule has 162 valence electrons. The number of nitriles is 1. The van der Waals surface area contributed by atoms with E-state index in [0.717, 1.165) is 49.5 Å². The fraction of sp³-hybridized carbons (Fsp3) is 0.440. The van der Waals surface area contributed by atoms with Crippen molar-refractivity contribution in [3.8, 4) is 6.07 Å². The van der Waals surface area contributed by atoms with Crippen LogP contribution in [0.1, 0.15) is 44.4 Å². The summed E-state index contributed by atoms with van der Waals surface area (Å²) < 4.78 is 0. The second-order valence-electron chi connectivity index (χ2n) is 8.52. The van der Waals surface area contributed by atoms with Gasteiger partial charge in [-0.15, -0.1) is 0 Å². The summed E-state index contributed by atoms with van der Waals surface area (Å²) in [7, 11) is 0. The van der Waals surface area contributed by atoms with E-state index in [4.69, 9.17) is 5.26 Å². The molecule has 0 spiro atoms. The molecular formula is C25H31N5O. The number of rotatable bonds is 4.